The van der Waals surface area contributed by atoms with Gasteiger partial charge in [0, 0.05) is 5.69 Å². The lowest BCUT2D eigenvalue weighted by Crippen LogP contribution is -2.14. The lowest BCUT2D eigenvalue weighted by molar-refractivity contribution is -0.112. The molecule has 2 aliphatic rings. The van der Waals surface area contributed by atoms with Crippen LogP contribution < -0.4 is 5.32 Å². The SMILES string of the molecule is N#CC(=CC1=CCCC2=C1CCCC2)C(=O)Nc1ccc(O)cc1. The molecular formula is C20H20N2O2. The monoisotopic (exact) mass is 320 g/mol. The van der Waals surface area contributed by atoms with Crippen LogP contribution in [0.2, 0.25) is 0 Å². The maximum absolute atomic E-state index is 12.4. The maximum Gasteiger partial charge on any atom is 0.266 e. The number of phenols is 1. The van der Waals surface area contributed by atoms with E-state index in [1.54, 1.807) is 18.2 Å². The van der Waals surface area contributed by atoms with Gasteiger partial charge in [0.15, 0.2) is 0 Å². The Morgan fingerprint density at radius 2 is 1.92 bits per heavy atom. The fraction of sp³-hybridized carbons (Fsp3) is 0.300. The molecule has 0 atom stereocenters. The lowest BCUT2D eigenvalue weighted by atomic mass is 9.81. The van der Waals surface area contributed by atoms with Gasteiger partial charge in [-0.3, -0.25) is 4.79 Å². The zero-order valence-corrected chi connectivity index (χ0v) is 13.5. The van der Waals surface area contributed by atoms with Gasteiger partial charge in [-0.2, -0.15) is 5.26 Å². The highest BCUT2D eigenvalue weighted by Crippen LogP contribution is 2.36. The molecule has 0 radical (unpaired) electrons. The molecule has 0 unspecified atom stereocenters. The number of hydrogen-bond acceptors (Lipinski definition) is 3. The summed E-state index contributed by atoms with van der Waals surface area (Å²) in [7, 11) is 0. The second-order valence-electron chi connectivity index (χ2n) is 6.16. The molecule has 1 aromatic carbocycles. The molecule has 0 aromatic heterocycles. The standard InChI is InChI=1S/C20H20N2O2/c21-13-16(20(24)22-17-8-10-18(23)11-9-17)12-15-6-3-5-14-4-1-2-7-19(14)15/h6,8-12,23H,1-5,7H2,(H,22,24). The van der Waals surface area contributed by atoms with Crippen molar-refractivity contribution in [2.45, 2.75) is 38.5 Å². The highest BCUT2D eigenvalue weighted by atomic mass is 16.3. The second-order valence-corrected chi connectivity index (χ2v) is 6.16. The van der Waals surface area contributed by atoms with Crippen molar-refractivity contribution < 1.29 is 9.90 Å². The fourth-order valence-electron chi connectivity index (χ4n) is 3.31. The number of nitrogens with one attached hydrogen (secondary N) is 1. The number of amides is 1. The van der Waals surface area contributed by atoms with E-state index < -0.39 is 5.91 Å². The van der Waals surface area contributed by atoms with E-state index in [0.717, 1.165) is 31.3 Å². The molecular weight excluding hydrogens is 300 g/mol. The zero-order chi connectivity index (χ0) is 16.9. The third-order valence-corrected chi connectivity index (χ3v) is 4.53. The molecule has 3 rings (SSSR count). The van der Waals surface area contributed by atoms with Crippen LogP contribution in [-0.2, 0) is 4.79 Å². The van der Waals surface area contributed by atoms with Crippen molar-refractivity contribution in [2.24, 2.45) is 0 Å². The van der Waals surface area contributed by atoms with Gasteiger partial charge in [-0.05, 0) is 80.0 Å². The Morgan fingerprint density at radius 3 is 2.67 bits per heavy atom. The zero-order valence-electron chi connectivity index (χ0n) is 13.5. The minimum Gasteiger partial charge on any atom is -0.508 e. The topological polar surface area (TPSA) is 73.1 Å². The van der Waals surface area contributed by atoms with Crippen LogP contribution in [0.4, 0.5) is 5.69 Å². The number of nitriles is 1. The van der Waals surface area contributed by atoms with Gasteiger partial charge in [0.1, 0.15) is 17.4 Å². The van der Waals surface area contributed by atoms with Crippen LogP contribution in [0.3, 0.4) is 0 Å². The summed E-state index contributed by atoms with van der Waals surface area (Å²) < 4.78 is 0. The number of nitrogens with zero attached hydrogens (tertiary/aromatic N) is 1. The summed E-state index contributed by atoms with van der Waals surface area (Å²) in [4.78, 5) is 12.4. The van der Waals surface area contributed by atoms with E-state index in [1.807, 2.05) is 6.07 Å². The predicted molar refractivity (Wildman–Crippen MR) is 93.2 cm³/mol. The first-order valence-corrected chi connectivity index (χ1v) is 8.31. The molecule has 24 heavy (non-hydrogen) atoms. The summed E-state index contributed by atoms with van der Waals surface area (Å²) in [6, 6.07) is 8.20. The number of rotatable bonds is 3. The van der Waals surface area contributed by atoms with Gasteiger partial charge >= 0.3 is 0 Å². The van der Waals surface area contributed by atoms with Crippen molar-refractivity contribution in [2.75, 3.05) is 5.32 Å². The normalized spacial score (nSPS) is 17.6. The molecule has 0 heterocycles. The van der Waals surface area contributed by atoms with Crippen molar-refractivity contribution in [1.29, 1.82) is 5.26 Å². The maximum atomic E-state index is 12.4. The Kier molecular flexibility index (Phi) is 4.81. The van der Waals surface area contributed by atoms with Gasteiger partial charge in [0.05, 0.1) is 0 Å². The third kappa shape index (κ3) is 3.57. The van der Waals surface area contributed by atoms with E-state index in [4.69, 9.17) is 0 Å². The molecule has 0 spiro atoms. The Morgan fingerprint density at radius 1 is 1.17 bits per heavy atom. The predicted octanol–water partition coefficient (Wildman–Crippen LogP) is 4.37. The number of carbonyl (C=O) groups is 1. The molecule has 122 valence electrons. The van der Waals surface area contributed by atoms with Crippen molar-refractivity contribution >= 4 is 11.6 Å². The quantitative estimate of drug-likeness (QED) is 0.493. The number of aromatic hydroxyl groups is 1. The van der Waals surface area contributed by atoms with Gasteiger partial charge in [-0.25, -0.2) is 0 Å². The van der Waals surface area contributed by atoms with E-state index >= 15 is 0 Å². The lowest BCUT2D eigenvalue weighted by Gasteiger charge is -2.24. The van der Waals surface area contributed by atoms with E-state index in [9.17, 15) is 15.2 Å². The summed E-state index contributed by atoms with van der Waals surface area (Å²) in [6.45, 7) is 0. The van der Waals surface area contributed by atoms with Gasteiger partial charge in [-0.15, -0.1) is 0 Å². The van der Waals surface area contributed by atoms with Crippen LogP contribution in [0.15, 0.2) is 58.7 Å². The summed E-state index contributed by atoms with van der Waals surface area (Å²) in [5, 5.41) is 21.4. The van der Waals surface area contributed by atoms with Crippen molar-refractivity contribution in [3.05, 3.63) is 58.7 Å². The molecule has 1 amide bonds. The third-order valence-electron chi connectivity index (χ3n) is 4.53. The van der Waals surface area contributed by atoms with Crippen molar-refractivity contribution in [1.82, 2.24) is 0 Å². The van der Waals surface area contributed by atoms with E-state index in [1.165, 1.54) is 36.1 Å². The van der Waals surface area contributed by atoms with E-state index in [2.05, 4.69) is 11.4 Å². The first-order valence-electron chi connectivity index (χ1n) is 8.31. The van der Waals surface area contributed by atoms with Gasteiger partial charge < -0.3 is 10.4 Å². The molecule has 0 saturated carbocycles. The highest BCUT2D eigenvalue weighted by Gasteiger charge is 2.19. The van der Waals surface area contributed by atoms with Crippen LogP contribution in [0.5, 0.6) is 5.75 Å². The molecule has 2 N–H and O–H groups in total. The number of carbonyl (C=O) groups excluding carboxylic acids is 1. The molecule has 0 fully saturated rings. The summed E-state index contributed by atoms with van der Waals surface area (Å²) in [5.74, 6) is -0.291. The Balaban J connectivity index is 1.80. The average molecular weight is 320 g/mol. The first kappa shape index (κ1) is 16.1. The van der Waals surface area contributed by atoms with Crippen LogP contribution in [0.1, 0.15) is 38.5 Å². The van der Waals surface area contributed by atoms with Crippen LogP contribution in [0.25, 0.3) is 0 Å². The van der Waals surface area contributed by atoms with Crippen LogP contribution >= 0.6 is 0 Å². The molecule has 1 aromatic rings. The molecule has 0 aliphatic heterocycles. The highest BCUT2D eigenvalue weighted by molar-refractivity contribution is 6.07. The van der Waals surface area contributed by atoms with Crippen LogP contribution in [0, 0.1) is 11.3 Å². The minimum absolute atomic E-state index is 0.105. The number of anilines is 1. The number of allylic oxidation sites excluding steroid dienone is 5. The summed E-state index contributed by atoms with van der Waals surface area (Å²) in [6.07, 6.45) is 10.5. The van der Waals surface area contributed by atoms with E-state index in [0.29, 0.717) is 5.69 Å². The number of benzene rings is 1. The van der Waals surface area contributed by atoms with Gasteiger partial charge in [0.25, 0.3) is 5.91 Å². The average Bonchev–Trinajstić information content (AvgIpc) is 2.61. The smallest absolute Gasteiger partial charge is 0.266 e. The van der Waals surface area contributed by atoms with Gasteiger partial charge in [-0.1, -0.05) is 11.6 Å². The molecule has 0 saturated heterocycles. The molecule has 4 heteroatoms. The molecule has 4 nitrogen and oxygen atoms in total. The Labute approximate surface area is 141 Å². The van der Waals surface area contributed by atoms with Crippen molar-refractivity contribution in [3.8, 4) is 11.8 Å². The largest absolute Gasteiger partial charge is 0.508 e. The van der Waals surface area contributed by atoms with Crippen LogP contribution in [-0.4, -0.2) is 11.0 Å². The Hall–Kier alpha value is -2.80. The van der Waals surface area contributed by atoms with E-state index in [-0.39, 0.29) is 11.3 Å². The minimum atomic E-state index is -0.423. The second kappa shape index (κ2) is 7.18. The number of hydrogen-bond donors (Lipinski definition) is 2. The first-order chi connectivity index (χ1) is 11.7. The summed E-state index contributed by atoms with van der Waals surface area (Å²) in [5.41, 5.74) is 4.51. The van der Waals surface area contributed by atoms with Crippen molar-refractivity contribution in [3.63, 3.8) is 0 Å². The Bertz CT molecular complexity index is 777. The number of phenolic OH excluding ortho intramolecular Hbond substituents is 1. The molecule has 2 aliphatic carbocycles. The summed E-state index contributed by atoms with van der Waals surface area (Å²) >= 11 is 0. The van der Waals surface area contributed by atoms with Gasteiger partial charge in [0.2, 0.25) is 0 Å². The molecule has 0 bridgehead atoms. The fourth-order valence-corrected chi connectivity index (χ4v) is 3.31.